The summed E-state index contributed by atoms with van der Waals surface area (Å²) in [5, 5.41) is 56.7. The molecule has 1 amide bonds. The third-order valence-electron chi connectivity index (χ3n) is 12.9. The van der Waals surface area contributed by atoms with Crippen LogP contribution in [0.5, 0.6) is 40.2 Å². The Kier molecular flexibility index (Phi) is 14.2. The van der Waals surface area contributed by atoms with Gasteiger partial charge in [0.15, 0.2) is 35.1 Å². The van der Waals surface area contributed by atoms with E-state index in [4.69, 9.17) is 38.9 Å². The molecule has 8 N–H and O–H groups in total. The number of phenolic OH excluding ortho intramolecular Hbond substituents is 2. The second-order valence-electron chi connectivity index (χ2n) is 16.9. The highest BCUT2D eigenvalue weighted by atomic mass is 16.7. The van der Waals surface area contributed by atoms with Gasteiger partial charge in [-0.3, -0.25) is 24.0 Å². The molecular formula is C49H54N2O17. The summed E-state index contributed by atoms with van der Waals surface area (Å²) in [5.74, 6) is -2.17. The van der Waals surface area contributed by atoms with Crippen molar-refractivity contribution in [3.63, 3.8) is 0 Å². The van der Waals surface area contributed by atoms with Crippen molar-refractivity contribution in [2.75, 3.05) is 42.2 Å². The number of aromatic hydroxyl groups is 2. The van der Waals surface area contributed by atoms with Crippen molar-refractivity contribution in [2.24, 2.45) is 5.73 Å². The van der Waals surface area contributed by atoms with Gasteiger partial charge in [-0.15, -0.1) is 0 Å². The number of ether oxygens (including phenoxy) is 7. The molecule has 1 fully saturated rings. The molecule has 0 bridgehead atoms. The van der Waals surface area contributed by atoms with Crippen LogP contribution in [0.4, 0.5) is 0 Å². The van der Waals surface area contributed by atoms with Crippen LogP contribution >= 0.6 is 0 Å². The number of carbonyl (C=O) groups is 4. The zero-order valence-corrected chi connectivity index (χ0v) is 38.5. The lowest BCUT2D eigenvalue weighted by Gasteiger charge is -2.42. The lowest BCUT2D eigenvalue weighted by Crippen LogP contribution is -2.53. The van der Waals surface area contributed by atoms with Crippen molar-refractivity contribution in [3.8, 4) is 51.4 Å². The number of ketones is 3. The number of amides is 1. The van der Waals surface area contributed by atoms with Gasteiger partial charge in [-0.05, 0) is 60.7 Å². The van der Waals surface area contributed by atoms with E-state index in [-0.39, 0.29) is 57.6 Å². The topological polar surface area (TPSA) is 289 Å². The zero-order valence-electron chi connectivity index (χ0n) is 38.5. The zero-order chi connectivity index (χ0) is 49.5. The van der Waals surface area contributed by atoms with Gasteiger partial charge in [0.2, 0.25) is 22.9 Å². The molecule has 4 aromatic carbocycles. The molecule has 68 heavy (non-hydrogen) atoms. The minimum Gasteiger partial charge on any atom is -0.507 e. The molecular weight excluding hydrogens is 889 g/mol. The number of nitrogens with one attached hydrogen (secondary N) is 1. The van der Waals surface area contributed by atoms with Crippen molar-refractivity contribution >= 4 is 23.3 Å². The van der Waals surface area contributed by atoms with Crippen molar-refractivity contribution in [1.29, 1.82) is 0 Å². The molecule has 4 aliphatic rings. The normalized spacial score (nSPS) is 23.4. The van der Waals surface area contributed by atoms with Crippen LogP contribution in [-0.4, -0.2) is 121 Å². The number of methoxy groups -OCH3 is 5. The van der Waals surface area contributed by atoms with Crippen LogP contribution in [-0.2, 0) is 31.9 Å². The Morgan fingerprint density at radius 2 is 1.51 bits per heavy atom. The van der Waals surface area contributed by atoms with Crippen LogP contribution < -0.4 is 40.2 Å². The molecule has 1 saturated heterocycles. The molecule has 362 valence electrons. The highest BCUT2D eigenvalue weighted by molar-refractivity contribution is 6.31. The van der Waals surface area contributed by atoms with E-state index in [1.54, 1.807) is 34.3 Å². The Labute approximate surface area is 390 Å². The van der Waals surface area contributed by atoms with Crippen molar-refractivity contribution < 1.29 is 77.9 Å². The molecule has 0 aromatic heterocycles. The smallest absolute Gasteiger partial charge is 0.220 e. The fourth-order valence-electron chi connectivity index (χ4n) is 9.61. The molecule has 4 aromatic rings. The number of benzene rings is 3. The Morgan fingerprint density at radius 1 is 0.838 bits per heavy atom. The average molecular weight is 943 g/mol. The van der Waals surface area contributed by atoms with E-state index < -0.39 is 95.7 Å². The van der Waals surface area contributed by atoms with Gasteiger partial charge in [-0.25, -0.2) is 0 Å². The van der Waals surface area contributed by atoms with Gasteiger partial charge in [0.05, 0.1) is 76.6 Å². The van der Waals surface area contributed by atoms with Crippen LogP contribution in [0.3, 0.4) is 0 Å². The maximum Gasteiger partial charge on any atom is 0.220 e. The molecule has 1 aliphatic heterocycles. The van der Waals surface area contributed by atoms with Crippen molar-refractivity contribution in [3.05, 3.63) is 97.2 Å². The summed E-state index contributed by atoms with van der Waals surface area (Å²) in [6.07, 6.45) is -3.85. The number of aliphatic hydroxyl groups excluding tert-OH is 2. The van der Waals surface area contributed by atoms with E-state index >= 15 is 0 Å². The molecule has 1 heterocycles. The second kappa shape index (κ2) is 19.5. The maximum absolute atomic E-state index is 13.6. The Bertz CT molecular complexity index is 2750. The maximum atomic E-state index is 13.6. The summed E-state index contributed by atoms with van der Waals surface area (Å²) in [6, 6.07) is 10.2. The first-order valence-electron chi connectivity index (χ1n) is 21.7. The number of aryl methyl sites for hydroxylation is 1. The lowest BCUT2D eigenvalue weighted by molar-refractivity contribution is -0.247. The van der Waals surface area contributed by atoms with E-state index in [1.807, 2.05) is 12.1 Å². The third kappa shape index (κ3) is 8.61. The largest absolute Gasteiger partial charge is 0.507 e. The number of carbonyl (C=O) groups excluding carboxylic acids is 4. The number of hydrogen-bond acceptors (Lipinski definition) is 18. The number of phenols is 2. The number of Topliss-reactive ketones (excluding diaryl/α,β-unsaturated/α-hetero) is 1. The minimum atomic E-state index is -2.24. The summed E-state index contributed by atoms with van der Waals surface area (Å²) < 4.78 is 39.0. The van der Waals surface area contributed by atoms with Crippen LogP contribution in [0.15, 0.2) is 47.3 Å². The lowest BCUT2D eigenvalue weighted by atomic mass is 9.72. The highest BCUT2D eigenvalue weighted by Crippen LogP contribution is 2.53. The summed E-state index contributed by atoms with van der Waals surface area (Å²) >= 11 is 0. The van der Waals surface area contributed by atoms with E-state index in [0.717, 1.165) is 16.7 Å². The number of rotatable bonds is 10. The first-order chi connectivity index (χ1) is 32.4. The van der Waals surface area contributed by atoms with Crippen LogP contribution in [0, 0.1) is 0 Å². The van der Waals surface area contributed by atoms with E-state index in [1.165, 1.54) is 45.4 Å². The summed E-state index contributed by atoms with van der Waals surface area (Å²) in [5.41, 5.74) is 5.38. The molecule has 0 spiro atoms. The van der Waals surface area contributed by atoms with Gasteiger partial charge < -0.3 is 69.7 Å². The third-order valence-corrected chi connectivity index (χ3v) is 12.9. The van der Waals surface area contributed by atoms with E-state index in [9.17, 15) is 49.5 Å². The molecule has 19 heteroatoms. The van der Waals surface area contributed by atoms with Crippen molar-refractivity contribution in [2.45, 2.75) is 88.2 Å². The Morgan fingerprint density at radius 3 is 2.13 bits per heavy atom. The van der Waals surface area contributed by atoms with Gasteiger partial charge in [0, 0.05) is 54.5 Å². The van der Waals surface area contributed by atoms with Gasteiger partial charge in [-0.1, -0.05) is 18.2 Å². The van der Waals surface area contributed by atoms with Crippen molar-refractivity contribution in [1.82, 2.24) is 5.32 Å². The van der Waals surface area contributed by atoms with Crippen LogP contribution in [0.25, 0.3) is 11.1 Å². The predicted octanol–water partition coefficient (Wildman–Crippen LogP) is 2.87. The number of hydrogen-bond donors (Lipinski definition) is 7. The molecule has 7 atom stereocenters. The van der Waals surface area contributed by atoms with E-state index in [0.29, 0.717) is 35.7 Å². The van der Waals surface area contributed by atoms with Gasteiger partial charge in [-0.2, -0.15) is 0 Å². The number of fused-ring (bicyclic) bond motifs is 6. The summed E-state index contributed by atoms with van der Waals surface area (Å²) in [6.45, 7) is 2.02. The SMILES string of the molecule is COc1cc2c(c(OC)c1OC)-c1ccc(OC)c(=O)cc1[C@@H](NC(C)=O)CC2.COc1cccc2c1C(=O)c1c(O)c3c(c(O)c1C2=O)C[C@@](O)(C(=O)CO)C[C@@H]3O[C@H]1C[C@H](N)[C@H](O)[C@H](C)O1. The van der Waals surface area contributed by atoms with Gasteiger partial charge in [0.1, 0.15) is 29.5 Å². The van der Waals surface area contributed by atoms with Gasteiger partial charge in [0.25, 0.3) is 0 Å². The van der Waals surface area contributed by atoms with Crippen LogP contribution in [0.1, 0.15) is 99.4 Å². The first-order valence-corrected chi connectivity index (χ1v) is 21.7. The van der Waals surface area contributed by atoms with Crippen LogP contribution in [0.2, 0.25) is 0 Å². The fourth-order valence-corrected chi connectivity index (χ4v) is 9.61. The first kappa shape index (κ1) is 49.3. The monoisotopic (exact) mass is 942 g/mol. The minimum absolute atomic E-state index is 0.0173. The quantitative estimate of drug-likeness (QED) is 0.0991. The standard InChI is InChI=1S/C27H29NO11.C22H25NO6/c1-10-22(31)13(28)6-17(38-10)39-15-8-27(36,16(30)9-29)7-12-19(15)26(35)21-20(24(12)33)23(32)11-4-3-5-14(37-2)18(11)25(21)34;1-12(24)23-16-8-6-13-10-19(27-3)21(28-4)22(29-5)20(13)14-7-9-18(26-2)17(25)11-15(14)16/h3-5,10,13,15,17,22,29,31,33,35-36H,6-9,28H2,1-2H3;7,9-11,16H,6,8H2,1-5H3,(H,23,24)/t10-,13-,15-,17-,22+,27-;16-/m00/s1. The molecule has 0 saturated carbocycles. The Hall–Kier alpha value is -6.61. The summed E-state index contributed by atoms with van der Waals surface area (Å²) in [4.78, 5) is 64.2. The Balaban J connectivity index is 0.000000211. The number of nitrogens with two attached hydrogens (primary N) is 1. The molecule has 8 rings (SSSR count). The number of aliphatic hydroxyl groups is 3. The summed E-state index contributed by atoms with van der Waals surface area (Å²) in [7, 11) is 7.46. The van der Waals surface area contributed by atoms with E-state index in [2.05, 4.69) is 5.32 Å². The molecule has 0 radical (unpaired) electrons. The average Bonchev–Trinajstić information content (AvgIpc) is 3.56. The molecule has 0 unspecified atom stereocenters. The highest BCUT2D eigenvalue weighted by Gasteiger charge is 2.50. The molecule has 3 aliphatic carbocycles. The van der Waals surface area contributed by atoms with Gasteiger partial charge >= 0.3 is 0 Å². The second-order valence-corrected chi connectivity index (χ2v) is 16.9. The molecule has 19 nitrogen and oxygen atoms in total. The fraction of sp³-hybridized carbons (Fsp3) is 0.408. The predicted molar refractivity (Wildman–Crippen MR) is 241 cm³/mol.